The Kier molecular flexibility index (Phi) is 5.28. The SMILES string of the molecule is Cc1nc(COc2ccc(C(=O)NCc3ccc(-n4cccn4)nc3)cc2)no1. The number of amides is 1. The van der Waals surface area contributed by atoms with Gasteiger partial charge in [0.15, 0.2) is 12.4 Å². The van der Waals surface area contributed by atoms with Crippen LogP contribution in [0.4, 0.5) is 0 Å². The second-order valence-corrected chi connectivity index (χ2v) is 6.20. The zero-order valence-corrected chi connectivity index (χ0v) is 15.6. The van der Waals surface area contributed by atoms with Crippen LogP contribution in [0, 0.1) is 6.92 Å². The van der Waals surface area contributed by atoms with E-state index >= 15 is 0 Å². The highest BCUT2D eigenvalue weighted by Gasteiger charge is 2.07. The van der Waals surface area contributed by atoms with Crippen molar-refractivity contribution in [2.75, 3.05) is 0 Å². The van der Waals surface area contributed by atoms with Crippen LogP contribution in [0.25, 0.3) is 5.82 Å². The summed E-state index contributed by atoms with van der Waals surface area (Å²) in [6, 6.07) is 12.4. The fourth-order valence-electron chi connectivity index (χ4n) is 2.60. The van der Waals surface area contributed by atoms with Gasteiger partial charge in [-0.15, -0.1) is 0 Å². The summed E-state index contributed by atoms with van der Waals surface area (Å²) in [5.41, 5.74) is 1.43. The second kappa shape index (κ2) is 8.34. The molecule has 3 aromatic heterocycles. The molecule has 1 aromatic carbocycles. The topological polar surface area (TPSA) is 108 Å². The molecule has 0 aliphatic rings. The number of rotatable bonds is 7. The first kappa shape index (κ1) is 18.4. The van der Waals surface area contributed by atoms with Crippen molar-refractivity contribution in [3.63, 3.8) is 0 Å². The van der Waals surface area contributed by atoms with Crippen LogP contribution < -0.4 is 10.1 Å². The molecule has 146 valence electrons. The molecule has 0 fully saturated rings. The Morgan fingerprint density at radius 3 is 2.72 bits per heavy atom. The van der Waals surface area contributed by atoms with E-state index in [4.69, 9.17) is 9.26 Å². The van der Waals surface area contributed by atoms with Gasteiger partial charge in [0.05, 0.1) is 0 Å². The van der Waals surface area contributed by atoms with Gasteiger partial charge in [-0.25, -0.2) is 9.67 Å². The number of carbonyl (C=O) groups is 1. The predicted octanol–water partition coefficient (Wildman–Crippen LogP) is 2.47. The minimum Gasteiger partial charge on any atom is -0.485 e. The highest BCUT2D eigenvalue weighted by molar-refractivity contribution is 5.94. The van der Waals surface area contributed by atoms with E-state index in [2.05, 4.69) is 25.5 Å². The summed E-state index contributed by atoms with van der Waals surface area (Å²) in [7, 11) is 0. The Balaban J connectivity index is 1.29. The largest absolute Gasteiger partial charge is 0.485 e. The first-order chi connectivity index (χ1) is 14.2. The van der Waals surface area contributed by atoms with Crippen LogP contribution in [0.3, 0.4) is 0 Å². The number of hydrogen-bond donors (Lipinski definition) is 1. The van der Waals surface area contributed by atoms with Crippen LogP contribution in [-0.4, -0.2) is 30.8 Å². The Morgan fingerprint density at radius 1 is 1.21 bits per heavy atom. The summed E-state index contributed by atoms with van der Waals surface area (Å²) in [5, 5.41) is 10.8. The minimum atomic E-state index is -0.179. The van der Waals surface area contributed by atoms with Gasteiger partial charge in [0.2, 0.25) is 11.7 Å². The third kappa shape index (κ3) is 4.64. The lowest BCUT2D eigenvalue weighted by Crippen LogP contribution is -2.22. The van der Waals surface area contributed by atoms with E-state index in [1.807, 2.05) is 24.4 Å². The molecule has 0 atom stereocenters. The molecule has 1 amide bonds. The molecule has 9 nitrogen and oxygen atoms in total. The summed E-state index contributed by atoms with van der Waals surface area (Å²) in [6.45, 7) is 2.29. The van der Waals surface area contributed by atoms with Crippen molar-refractivity contribution in [3.05, 3.63) is 83.9 Å². The van der Waals surface area contributed by atoms with E-state index in [9.17, 15) is 4.79 Å². The van der Waals surface area contributed by atoms with Crippen molar-refractivity contribution >= 4 is 5.91 Å². The lowest BCUT2D eigenvalue weighted by molar-refractivity contribution is 0.0951. The molecule has 3 heterocycles. The fraction of sp³-hybridized carbons (Fsp3) is 0.150. The zero-order valence-electron chi connectivity index (χ0n) is 15.6. The number of ether oxygens (including phenoxy) is 1. The van der Waals surface area contributed by atoms with Gasteiger partial charge in [0.1, 0.15) is 5.75 Å². The average molecular weight is 390 g/mol. The number of carbonyl (C=O) groups excluding carboxylic acids is 1. The van der Waals surface area contributed by atoms with E-state index in [0.717, 1.165) is 11.4 Å². The molecule has 0 spiro atoms. The number of nitrogens with zero attached hydrogens (tertiary/aromatic N) is 5. The normalized spacial score (nSPS) is 10.7. The van der Waals surface area contributed by atoms with Gasteiger partial charge < -0.3 is 14.6 Å². The molecular formula is C20H18N6O3. The van der Waals surface area contributed by atoms with E-state index in [-0.39, 0.29) is 12.5 Å². The molecule has 4 aromatic rings. The number of pyridine rings is 1. The van der Waals surface area contributed by atoms with Crippen LogP contribution in [0.1, 0.15) is 27.6 Å². The smallest absolute Gasteiger partial charge is 0.251 e. The van der Waals surface area contributed by atoms with Crippen LogP contribution in [0.2, 0.25) is 0 Å². The highest BCUT2D eigenvalue weighted by Crippen LogP contribution is 2.14. The van der Waals surface area contributed by atoms with Crippen molar-refractivity contribution in [1.29, 1.82) is 0 Å². The maximum atomic E-state index is 12.3. The summed E-state index contributed by atoms with van der Waals surface area (Å²) >= 11 is 0. The molecule has 0 radical (unpaired) electrons. The van der Waals surface area contributed by atoms with Gasteiger partial charge in [0, 0.05) is 37.6 Å². The lowest BCUT2D eigenvalue weighted by Gasteiger charge is -2.08. The maximum Gasteiger partial charge on any atom is 0.251 e. The quantitative estimate of drug-likeness (QED) is 0.516. The maximum absolute atomic E-state index is 12.3. The van der Waals surface area contributed by atoms with E-state index in [1.54, 1.807) is 48.3 Å². The first-order valence-corrected chi connectivity index (χ1v) is 8.92. The molecule has 0 saturated heterocycles. The van der Waals surface area contributed by atoms with Gasteiger partial charge in [-0.05, 0) is 42.0 Å². The summed E-state index contributed by atoms with van der Waals surface area (Å²) in [6.07, 6.45) is 5.23. The first-order valence-electron chi connectivity index (χ1n) is 8.92. The van der Waals surface area contributed by atoms with Gasteiger partial charge >= 0.3 is 0 Å². The molecule has 4 rings (SSSR count). The van der Waals surface area contributed by atoms with Crippen LogP contribution in [-0.2, 0) is 13.2 Å². The third-order valence-corrected chi connectivity index (χ3v) is 4.06. The van der Waals surface area contributed by atoms with E-state index < -0.39 is 0 Å². The number of aromatic nitrogens is 5. The van der Waals surface area contributed by atoms with Gasteiger partial charge in [-0.2, -0.15) is 10.1 Å². The van der Waals surface area contributed by atoms with Crippen molar-refractivity contribution in [2.45, 2.75) is 20.1 Å². The monoisotopic (exact) mass is 390 g/mol. The van der Waals surface area contributed by atoms with Crippen molar-refractivity contribution in [3.8, 4) is 11.6 Å². The van der Waals surface area contributed by atoms with Crippen molar-refractivity contribution in [2.24, 2.45) is 0 Å². The predicted molar refractivity (Wildman–Crippen MR) is 102 cm³/mol. The summed E-state index contributed by atoms with van der Waals surface area (Å²) < 4.78 is 12.1. The van der Waals surface area contributed by atoms with Gasteiger partial charge in [0.25, 0.3) is 5.91 Å². The molecule has 0 saturated carbocycles. The molecule has 0 aliphatic heterocycles. The standard InChI is InChI=1S/C20H18N6O3/c1-14-24-18(25-29-14)13-28-17-6-4-16(5-7-17)20(27)22-12-15-3-8-19(21-11-15)26-10-2-9-23-26/h2-11H,12-13H2,1H3,(H,22,27). The van der Waals surface area contributed by atoms with Crippen LogP contribution in [0.15, 0.2) is 65.6 Å². The van der Waals surface area contributed by atoms with Crippen molar-refractivity contribution < 1.29 is 14.1 Å². The molecule has 1 N–H and O–H groups in total. The molecular weight excluding hydrogens is 372 g/mol. The fourth-order valence-corrected chi connectivity index (χ4v) is 2.60. The molecule has 9 heteroatoms. The highest BCUT2D eigenvalue weighted by atomic mass is 16.5. The number of nitrogens with one attached hydrogen (secondary N) is 1. The Hall–Kier alpha value is -4.01. The minimum absolute atomic E-state index is 0.179. The number of hydrogen-bond acceptors (Lipinski definition) is 7. The van der Waals surface area contributed by atoms with Crippen LogP contribution >= 0.6 is 0 Å². The average Bonchev–Trinajstić information content (AvgIpc) is 3.43. The van der Waals surface area contributed by atoms with Gasteiger partial charge in [-0.3, -0.25) is 4.79 Å². The van der Waals surface area contributed by atoms with Crippen LogP contribution in [0.5, 0.6) is 5.75 Å². The Labute approximate surface area is 166 Å². The summed E-state index contributed by atoms with van der Waals surface area (Å²) in [5.74, 6) is 2.11. The molecule has 0 aliphatic carbocycles. The van der Waals surface area contributed by atoms with E-state index in [1.165, 1.54) is 0 Å². The zero-order chi connectivity index (χ0) is 20.1. The molecule has 0 bridgehead atoms. The molecule has 0 unspecified atom stereocenters. The Bertz CT molecular complexity index is 1070. The second-order valence-electron chi connectivity index (χ2n) is 6.20. The Morgan fingerprint density at radius 2 is 2.07 bits per heavy atom. The number of benzene rings is 1. The van der Waals surface area contributed by atoms with Crippen molar-refractivity contribution in [1.82, 2.24) is 30.2 Å². The summed E-state index contributed by atoms with van der Waals surface area (Å²) in [4.78, 5) is 20.8. The van der Waals surface area contributed by atoms with Gasteiger partial charge in [-0.1, -0.05) is 11.2 Å². The molecule has 29 heavy (non-hydrogen) atoms. The third-order valence-electron chi connectivity index (χ3n) is 4.06. The lowest BCUT2D eigenvalue weighted by atomic mass is 10.2. The van der Waals surface area contributed by atoms with E-state index in [0.29, 0.717) is 29.6 Å². The number of aryl methyl sites for hydroxylation is 1.